The number of H-pyrrole nitrogens is 1. The van der Waals surface area contributed by atoms with Crippen molar-refractivity contribution < 1.29 is 0 Å². The fourth-order valence-corrected chi connectivity index (χ4v) is 1.80. The number of nitrogens with zero attached hydrogens (tertiary/aromatic N) is 1. The van der Waals surface area contributed by atoms with Gasteiger partial charge in [-0.3, -0.25) is 0 Å². The molecule has 3 heteroatoms. The number of nitrogen functional groups attached to an aromatic ring is 1. The Morgan fingerprint density at radius 2 is 2.17 bits per heavy atom. The molecule has 3 N–H and O–H groups in total. The molecule has 66 valence electrons. The van der Waals surface area contributed by atoms with Crippen molar-refractivity contribution in [3.8, 4) is 0 Å². The van der Waals surface area contributed by atoms with E-state index < -0.39 is 0 Å². The summed E-state index contributed by atoms with van der Waals surface area (Å²) in [7, 11) is 0. The average molecular weight is 165 g/mol. The largest absolute Gasteiger partial charge is 0.369 e. The van der Waals surface area contributed by atoms with Crippen LogP contribution in [-0.2, 0) is 0 Å². The monoisotopic (exact) mass is 165 g/mol. The Labute approximate surface area is 72.4 Å². The molecule has 1 aromatic heterocycles. The Hall–Kier alpha value is -0.990. The molecule has 1 fully saturated rings. The van der Waals surface area contributed by atoms with Gasteiger partial charge in [0.1, 0.15) is 0 Å². The lowest BCUT2D eigenvalue weighted by Crippen LogP contribution is -1.92. The zero-order valence-corrected chi connectivity index (χ0v) is 7.81. The zero-order valence-electron chi connectivity index (χ0n) is 7.81. The highest BCUT2D eigenvalue weighted by molar-refractivity contribution is 5.32. The zero-order chi connectivity index (χ0) is 8.93. The van der Waals surface area contributed by atoms with Gasteiger partial charge in [0, 0.05) is 11.6 Å². The number of hydrogen-bond donors (Lipinski definition) is 2. The molecule has 1 aromatic rings. The summed E-state index contributed by atoms with van der Waals surface area (Å²) < 4.78 is 0. The minimum Gasteiger partial charge on any atom is -0.369 e. The van der Waals surface area contributed by atoms with Crippen LogP contribution in [0.4, 0.5) is 5.95 Å². The standard InChI is InChI=1S/C9H15N3/c1-5-7(12-8(10)11-5)6-4-9(6,2)3/h6H,4H2,1-3H3,(H3,10,11,12)/t6-/m1/s1. The van der Waals surface area contributed by atoms with Gasteiger partial charge in [0.05, 0.1) is 5.69 Å². The fraction of sp³-hybridized carbons (Fsp3) is 0.667. The van der Waals surface area contributed by atoms with Crippen LogP contribution in [0.5, 0.6) is 0 Å². The van der Waals surface area contributed by atoms with E-state index in [1.54, 1.807) is 0 Å². The normalized spacial score (nSPS) is 25.8. The molecule has 0 spiro atoms. The second-order valence-corrected chi connectivity index (χ2v) is 4.37. The number of nitrogens with one attached hydrogen (secondary N) is 1. The van der Waals surface area contributed by atoms with Crippen LogP contribution in [0.1, 0.15) is 37.6 Å². The summed E-state index contributed by atoms with van der Waals surface area (Å²) in [6, 6.07) is 0. The molecule has 12 heavy (non-hydrogen) atoms. The molecular weight excluding hydrogens is 150 g/mol. The van der Waals surface area contributed by atoms with Crippen molar-refractivity contribution in [2.75, 3.05) is 5.73 Å². The predicted molar refractivity (Wildman–Crippen MR) is 48.9 cm³/mol. The van der Waals surface area contributed by atoms with Crippen molar-refractivity contribution in [2.24, 2.45) is 5.41 Å². The van der Waals surface area contributed by atoms with Crippen LogP contribution in [0.15, 0.2) is 0 Å². The molecule has 0 aromatic carbocycles. The number of aromatic amines is 1. The summed E-state index contributed by atoms with van der Waals surface area (Å²) in [6.45, 7) is 6.55. The molecule has 0 amide bonds. The van der Waals surface area contributed by atoms with Gasteiger partial charge in [-0.15, -0.1) is 0 Å². The number of aryl methyl sites for hydroxylation is 1. The molecular formula is C9H15N3. The summed E-state index contributed by atoms with van der Waals surface area (Å²) in [5.41, 5.74) is 8.31. The first-order valence-corrected chi connectivity index (χ1v) is 4.33. The number of aromatic nitrogens is 2. The van der Waals surface area contributed by atoms with Crippen LogP contribution in [0.2, 0.25) is 0 Å². The van der Waals surface area contributed by atoms with Gasteiger partial charge in [-0.1, -0.05) is 13.8 Å². The number of nitrogens with two attached hydrogens (primary N) is 1. The Morgan fingerprint density at radius 3 is 2.50 bits per heavy atom. The van der Waals surface area contributed by atoms with Crippen LogP contribution >= 0.6 is 0 Å². The Kier molecular flexibility index (Phi) is 1.29. The lowest BCUT2D eigenvalue weighted by molar-refractivity contribution is 0.616. The maximum Gasteiger partial charge on any atom is 0.197 e. The average Bonchev–Trinajstić information content (AvgIpc) is 2.40. The van der Waals surface area contributed by atoms with Crippen LogP contribution in [-0.4, -0.2) is 9.97 Å². The van der Waals surface area contributed by atoms with E-state index in [9.17, 15) is 0 Å². The summed E-state index contributed by atoms with van der Waals surface area (Å²) in [6.07, 6.45) is 1.25. The Balaban J connectivity index is 2.30. The number of imidazole rings is 1. The second-order valence-electron chi connectivity index (χ2n) is 4.37. The SMILES string of the molecule is Cc1nc(N)[nH]c1[C@H]1CC1(C)C. The fourth-order valence-electron chi connectivity index (χ4n) is 1.80. The van der Waals surface area contributed by atoms with Gasteiger partial charge in [-0.2, -0.15) is 0 Å². The highest BCUT2D eigenvalue weighted by Crippen LogP contribution is 2.58. The molecule has 2 rings (SSSR count). The second kappa shape index (κ2) is 2.03. The minimum absolute atomic E-state index is 0.448. The molecule has 1 atom stereocenters. The summed E-state index contributed by atoms with van der Waals surface area (Å²) in [5, 5.41) is 0. The van der Waals surface area contributed by atoms with Gasteiger partial charge in [0.25, 0.3) is 0 Å². The first kappa shape index (κ1) is 7.65. The summed E-state index contributed by atoms with van der Waals surface area (Å²) in [5.74, 6) is 1.19. The van der Waals surface area contributed by atoms with E-state index in [2.05, 4.69) is 23.8 Å². The van der Waals surface area contributed by atoms with E-state index in [4.69, 9.17) is 5.73 Å². The molecule has 1 heterocycles. The van der Waals surface area contributed by atoms with E-state index in [1.165, 1.54) is 12.1 Å². The molecule has 1 aliphatic rings. The lowest BCUT2D eigenvalue weighted by Gasteiger charge is -2.00. The number of anilines is 1. The molecule has 0 radical (unpaired) electrons. The van der Waals surface area contributed by atoms with Crippen molar-refractivity contribution in [1.82, 2.24) is 9.97 Å². The predicted octanol–water partition coefficient (Wildman–Crippen LogP) is 1.81. The van der Waals surface area contributed by atoms with E-state index in [1.807, 2.05) is 6.92 Å². The molecule has 0 aliphatic heterocycles. The molecule has 0 bridgehead atoms. The van der Waals surface area contributed by atoms with Crippen LogP contribution in [0.3, 0.4) is 0 Å². The maximum absolute atomic E-state index is 5.57. The van der Waals surface area contributed by atoms with E-state index >= 15 is 0 Å². The van der Waals surface area contributed by atoms with Crippen LogP contribution < -0.4 is 5.73 Å². The van der Waals surface area contributed by atoms with Gasteiger partial charge < -0.3 is 10.7 Å². The van der Waals surface area contributed by atoms with Crippen LogP contribution in [0.25, 0.3) is 0 Å². The van der Waals surface area contributed by atoms with Gasteiger partial charge in [-0.05, 0) is 18.8 Å². The van der Waals surface area contributed by atoms with Crippen molar-refractivity contribution >= 4 is 5.95 Å². The Bertz CT molecular complexity index is 312. The van der Waals surface area contributed by atoms with Crippen molar-refractivity contribution in [2.45, 2.75) is 33.1 Å². The number of hydrogen-bond acceptors (Lipinski definition) is 2. The first-order chi connectivity index (χ1) is 5.50. The minimum atomic E-state index is 0.448. The van der Waals surface area contributed by atoms with E-state index in [0.717, 1.165) is 5.69 Å². The van der Waals surface area contributed by atoms with Gasteiger partial charge in [-0.25, -0.2) is 4.98 Å². The van der Waals surface area contributed by atoms with Gasteiger partial charge in [0.2, 0.25) is 0 Å². The first-order valence-electron chi connectivity index (χ1n) is 4.33. The van der Waals surface area contributed by atoms with Crippen molar-refractivity contribution in [3.63, 3.8) is 0 Å². The Morgan fingerprint density at radius 1 is 1.58 bits per heavy atom. The molecule has 0 saturated heterocycles. The van der Waals surface area contributed by atoms with Gasteiger partial charge >= 0.3 is 0 Å². The number of rotatable bonds is 1. The summed E-state index contributed by atoms with van der Waals surface area (Å²) in [4.78, 5) is 7.29. The third-order valence-electron chi connectivity index (χ3n) is 2.80. The maximum atomic E-state index is 5.57. The molecule has 1 saturated carbocycles. The van der Waals surface area contributed by atoms with E-state index in [-0.39, 0.29) is 0 Å². The van der Waals surface area contributed by atoms with Crippen molar-refractivity contribution in [3.05, 3.63) is 11.4 Å². The summed E-state index contributed by atoms with van der Waals surface area (Å²) >= 11 is 0. The smallest absolute Gasteiger partial charge is 0.197 e. The third kappa shape index (κ3) is 1.00. The molecule has 1 aliphatic carbocycles. The molecule has 3 nitrogen and oxygen atoms in total. The molecule has 0 unspecified atom stereocenters. The van der Waals surface area contributed by atoms with Crippen molar-refractivity contribution in [1.29, 1.82) is 0 Å². The third-order valence-corrected chi connectivity index (χ3v) is 2.80. The quantitative estimate of drug-likeness (QED) is 0.666. The van der Waals surface area contributed by atoms with Crippen LogP contribution in [0, 0.1) is 12.3 Å². The van der Waals surface area contributed by atoms with Gasteiger partial charge in [0.15, 0.2) is 5.95 Å². The highest BCUT2D eigenvalue weighted by atomic mass is 15.0. The topological polar surface area (TPSA) is 54.7 Å². The lowest BCUT2D eigenvalue weighted by atomic mass is 10.1. The highest BCUT2D eigenvalue weighted by Gasteiger charge is 2.48. The van der Waals surface area contributed by atoms with E-state index in [0.29, 0.717) is 17.3 Å².